The minimum Gasteiger partial charge on any atom is -0.424 e. The van der Waals surface area contributed by atoms with Gasteiger partial charge in [0, 0.05) is 19.7 Å². The molecular weight excluding hydrogens is 376 g/mol. The number of para-hydroxylation sites is 2. The molecule has 0 aliphatic carbocycles. The minimum atomic E-state index is -0.354. The summed E-state index contributed by atoms with van der Waals surface area (Å²) in [6, 6.07) is 18.4. The van der Waals surface area contributed by atoms with Gasteiger partial charge in [-0.1, -0.05) is 42.5 Å². The molecule has 0 bridgehead atoms. The molecule has 0 radical (unpaired) electrons. The van der Waals surface area contributed by atoms with Crippen LogP contribution in [0.2, 0.25) is 0 Å². The quantitative estimate of drug-likeness (QED) is 0.403. The lowest BCUT2D eigenvalue weighted by Gasteiger charge is -2.07. The number of aromatic nitrogens is 4. The molecule has 6 heteroatoms. The van der Waals surface area contributed by atoms with Crippen molar-refractivity contribution in [1.29, 1.82) is 0 Å². The van der Waals surface area contributed by atoms with Crippen LogP contribution in [0.25, 0.3) is 27.7 Å². The summed E-state index contributed by atoms with van der Waals surface area (Å²) in [6.45, 7) is 4.17. The molecule has 0 atom stereocenters. The van der Waals surface area contributed by atoms with Gasteiger partial charge in [0.05, 0.1) is 11.0 Å². The monoisotopic (exact) mass is 398 g/mol. The summed E-state index contributed by atoms with van der Waals surface area (Å²) in [5, 5.41) is 0.770. The van der Waals surface area contributed by atoms with Crippen molar-refractivity contribution >= 4 is 33.7 Å². The lowest BCUT2D eigenvalue weighted by molar-refractivity contribution is -0.131. The van der Waals surface area contributed by atoms with Gasteiger partial charge in [-0.25, -0.2) is 9.97 Å². The van der Waals surface area contributed by atoms with Crippen molar-refractivity contribution in [3.63, 3.8) is 0 Å². The number of fused-ring (bicyclic) bond motifs is 5. The maximum absolute atomic E-state index is 11.8. The van der Waals surface area contributed by atoms with E-state index in [0.717, 1.165) is 52.9 Å². The van der Waals surface area contributed by atoms with Crippen LogP contribution >= 0.6 is 0 Å². The first-order chi connectivity index (χ1) is 14.6. The first-order valence-corrected chi connectivity index (χ1v) is 10.1. The van der Waals surface area contributed by atoms with Gasteiger partial charge in [-0.2, -0.15) is 0 Å². The molecule has 5 aromatic rings. The highest BCUT2D eigenvalue weighted by atomic mass is 16.5. The number of rotatable bonds is 5. The number of ether oxygens (including phenoxy) is 1. The van der Waals surface area contributed by atoms with E-state index >= 15 is 0 Å². The molecule has 0 unspecified atom stereocenters. The number of esters is 1. The van der Waals surface area contributed by atoms with E-state index in [2.05, 4.69) is 28.8 Å². The molecule has 3 heterocycles. The molecule has 0 saturated carbocycles. The van der Waals surface area contributed by atoms with Crippen LogP contribution in [0.5, 0.6) is 5.75 Å². The number of hydrogen-bond acceptors (Lipinski definition) is 4. The number of imidazole rings is 1. The Balaban J connectivity index is 1.63. The molecule has 0 amide bonds. The lowest BCUT2D eigenvalue weighted by atomic mass is 10.1. The number of nitrogens with zero attached hydrogens (tertiary/aromatic N) is 4. The van der Waals surface area contributed by atoms with Crippen LogP contribution in [-0.4, -0.2) is 24.9 Å². The highest BCUT2D eigenvalue weighted by molar-refractivity contribution is 6.00. The van der Waals surface area contributed by atoms with E-state index in [1.165, 1.54) is 12.5 Å². The van der Waals surface area contributed by atoms with E-state index in [-0.39, 0.29) is 5.97 Å². The van der Waals surface area contributed by atoms with Crippen LogP contribution in [0.3, 0.4) is 0 Å². The topological polar surface area (TPSA) is 61.4 Å². The van der Waals surface area contributed by atoms with Crippen LogP contribution in [0.1, 0.15) is 24.7 Å². The highest BCUT2D eigenvalue weighted by Gasteiger charge is 2.20. The zero-order valence-electron chi connectivity index (χ0n) is 17.0. The van der Waals surface area contributed by atoms with Crippen LogP contribution in [0, 0.1) is 6.92 Å². The van der Waals surface area contributed by atoms with Gasteiger partial charge in [0.2, 0.25) is 0 Å². The second-order valence-corrected chi connectivity index (χ2v) is 7.49. The Morgan fingerprint density at radius 1 is 1.00 bits per heavy atom. The largest absolute Gasteiger partial charge is 0.424 e. The molecule has 0 spiro atoms. The summed E-state index contributed by atoms with van der Waals surface area (Å²) in [5.74, 6) is 1.00. The summed E-state index contributed by atoms with van der Waals surface area (Å²) in [7, 11) is 0. The fourth-order valence-electron chi connectivity index (χ4n) is 4.08. The Morgan fingerprint density at radius 3 is 2.57 bits per heavy atom. The molecule has 3 aromatic heterocycles. The zero-order valence-corrected chi connectivity index (χ0v) is 17.0. The lowest BCUT2D eigenvalue weighted by Crippen LogP contribution is -2.03. The third-order valence-corrected chi connectivity index (χ3v) is 5.35. The Kier molecular flexibility index (Phi) is 4.47. The summed E-state index contributed by atoms with van der Waals surface area (Å²) >= 11 is 0. The van der Waals surface area contributed by atoms with Crippen LogP contribution in [0.4, 0.5) is 0 Å². The standard InChI is InChI=1S/C24H22N4O2/c1-16-25-23-22(24-26-19-12-6-7-13-20(19)28(16)24)21(30-17(2)29)15-27(23)14-8-11-18-9-4-3-5-10-18/h3-7,9-10,12-13,15H,8,11,14H2,1-2H3. The van der Waals surface area contributed by atoms with E-state index in [0.29, 0.717) is 5.75 Å². The number of benzene rings is 2. The molecule has 150 valence electrons. The molecule has 0 aliphatic heterocycles. The predicted octanol–water partition coefficient (Wildman–Crippen LogP) is 4.70. The van der Waals surface area contributed by atoms with Crippen molar-refractivity contribution in [1.82, 2.24) is 18.9 Å². The third kappa shape index (κ3) is 3.10. The molecule has 2 aromatic carbocycles. The number of carbonyl (C=O) groups excluding carboxylic acids is 1. The Labute approximate surface area is 173 Å². The maximum Gasteiger partial charge on any atom is 0.308 e. The molecule has 6 nitrogen and oxygen atoms in total. The summed E-state index contributed by atoms with van der Waals surface area (Å²) in [4.78, 5) is 21.5. The van der Waals surface area contributed by atoms with Crippen molar-refractivity contribution in [2.75, 3.05) is 0 Å². The van der Waals surface area contributed by atoms with Crippen molar-refractivity contribution in [3.05, 3.63) is 72.2 Å². The van der Waals surface area contributed by atoms with Crippen molar-refractivity contribution in [3.8, 4) is 5.75 Å². The van der Waals surface area contributed by atoms with E-state index in [9.17, 15) is 4.79 Å². The molecule has 30 heavy (non-hydrogen) atoms. The Hall–Kier alpha value is -3.67. The average Bonchev–Trinajstić information content (AvgIpc) is 3.27. The first kappa shape index (κ1) is 18.4. The fraction of sp³-hybridized carbons (Fsp3) is 0.208. The van der Waals surface area contributed by atoms with Crippen molar-refractivity contribution < 1.29 is 9.53 Å². The number of carbonyl (C=O) groups is 1. The van der Waals surface area contributed by atoms with E-state index in [1.807, 2.05) is 47.9 Å². The highest BCUT2D eigenvalue weighted by Crippen LogP contribution is 2.33. The number of aryl methyl sites for hydroxylation is 3. The molecular formula is C24H22N4O2. The van der Waals surface area contributed by atoms with Gasteiger partial charge in [-0.05, 0) is 37.5 Å². The maximum atomic E-state index is 11.8. The van der Waals surface area contributed by atoms with Crippen LogP contribution in [-0.2, 0) is 17.8 Å². The normalized spacial score (nSPS) is 11.5. The molecule has 0 saturated heterocycles. The fourth-order valence-corrected chi connectivity index (χ4v) is 4.08. The summed E-state index contributed by atoms with van der Waals surface area (Å²) in [6.07, 6.45) is 3.80. The second-order valence-electron chi connectivity index (χ2n) is 7.49. The van der Waals surface area contributed by atoms with Crippen molar-refractivity contribution in [2.24, 2.45) is 0 Å². The SMILES string of the molecule is CC(=O)Oc1cn(CCCc2ccccc2)c2nc(C)n3c4ccccc4nc3c12. The smallest absolute Gasteiger partial charge is 0.308 e. The Bertz CT molecular complexity index is 1380. The van der Waals surface area contributed by atoms with Gasteiger partial charge in [0.25, 0.3) is 0 Å². The van der Waals surface area contributed by atoms with Gasteiger partial charge in [-0.15, -0.1) is 0 Å². The summed E-state index contributed by atoms with van der Waals surface area (Å²) < 4.78 is 9.66. The zero-order chi connectivity index (χ0) is 20.7. The second kappa shape index (κ2) is 7.30. The average molecular weight is 398 g/mol. The van der Waals surface area contributed by atoms with Gasteiger partial charge in [0.1, 0.15) is 16.9 Å². The predicted molar refractivity (Wildman–Crippen MR) is 117 cm³/mol. The van der Waals surface area contributed by atoms with Gasteiger partial charge < -0.3 is 9.30 Å². The summed E-state index contributed by atoms with van der Waals surface area (Å²) in [5.41, 5.74) is 4.74. The Morgan fingerprint density at radius 2 is 1.77 bits per heavy atom. The van der Waals surface area contributed by atoms with Crippen LogP contribution in [0.15, 0.2) is 60.8 Å². The molecule has 0 N–H and O–H groups in total. The first-order valence-electron chi connectivity index (χ1n) is 10.1. The molecule has 0 fully saturated rings. The van der Waals surface area contributed by atoms with Gasteiger partial charge >= 0.3 is 5.97 Å². The molecule has 0 aliphatic rings. The number of hydrogen-bond donors (Lipinski definition) is 0. The van der Waals surface area contributed by atoms with E-state index in [1.54, 1.807) is 0 Å². The van der Waals surface area contributed by atoms with Crippen LogP contribution < -0.4 is 4.74 Å². The third-order valence-electron chi connectivity index (χ3n) is 5.35. The van der Waals surface area contributed by atoms with Gasteiger partial charge in [-0.3, -0.25) is 9.20 Å². The minimum absolute atomic E-state index is 0.354. The van der Waals surface area contributed by atoms with E-state index in [4.69, 9.17) is 14.7 Å². The molecule has 5 rings (SSSR count). The van der Waals surface area contributed by atoms with Crippen molar-refractivity contribution in [2.45, 2.75) is 33.2 Å². The van der Waals surface area contributed by atoms with Gasteiger partial charge in [0.15, 0.2) is 11.4 Å². The van der Waals surface area contributed by atoms with E-state index < -0.39 is 0 Å².